The standard InChI is InChI=1S/C15H10N2O3/c18-12-9-14(20-13-4-2-1-3-11(12)13)15(19)17-10-5-7-16-8-6-10/h1-9H,(H,16,17,19). The Labute approximate surface area is 113 Å². The van der Waals surface area contributed by atoms with Crippen molar-refractivity contribution in [2.75, 3.05) is 5.32 Å². The summed E-state index contributed by atoms with van der Waals surface area (Å²) in [7, 11) is 0. The molecule has 1 N–H and O–H groups in total. The van der Waals surface area contributed by atoms with Crippen LogP contribution in [0.4, 0.5) is 5.69 Å². The molecule has 2 aromatic heterocycles. The van der Waals surface area contributed by atoms with E-state index in [9.17, 15) is 9.59 Å². The Bertz CT molecular complexity index is 825. The minimum absolute atomic E-state index is 0.0227. The molecule has 2 heterocycles. The number of benzene rings is 1. The van der Waals surface area contributed by atoms with Crippen LogP contribution in [-0.4, -0.2) is 10.9 Å². The summed E-state index contributed by atoms with van der Waals surface area (Å²) in [5.74, 6) is -0.496. The van der Waals surface area contributed by atoms with Crippen LogP contribution in [0.15, 0.2) is 64.1 Å². The predicted molar refractivity (Wildman–Crippen MR) is 74.7 cm³/mol. The van der Waals surface area contributed by atoms with Crippen molar-refractivity contribution in [1.82, 2.24) is 4.98 Å². The van der Waals surface area contributed by atoms with Crippen molar-refractivity contribution in [3.63, 3.8) is 0 Å². The lowest BCUT2D eigenvalue weighted by atomic mass is 10.2. The summed E-state index contributed by atoms with van der Waals surface area (Å²) in [5.41, 5.74) is 0.729. The highest BCUT2D eigenvalue weighted by Crippen LogP contribution is 2.13. The molecule has 0 aliphatic carbocycles. The normalized spacial score (nSPS) is 10.4. The van der Waals surface area contributed by atoms with Crippen LogP contribution >= 0.6 is 0 Å². The van der Waals surface area contributed by atoms with Crippen LogP contribution in [0.3, 0.4) is 0 Å². The fourth-order valence-corrected chi connectivity index (χ4v) is 1.84. The first-order valence-corrected chi connectivity index (χ1v) is 5.98. The number of carbonyl (C=O) groups excluding carboxylic acids is 1. The third-order valence-corrected chi connectivity index (χ3v) is 2.80. The summed E-state index contributed by atoms with van der Waals surface area (Å²) >= 11 is 0. The second-order valence-corrected chi connectivity index (χ2v) is 4.16. The van der Waals surface area contributed by atoms with E-state index in [-0.39, 0.29) is 11.2 Å². The Morgan fingerprint density at radius 2 is 1.85 bits per heavy atom. The molecule has 98 valence electrons. The van der Waals surface area contributed by atoms with Gasteiger partial charge in [-0.05, 0) is 24.3 Å². The first-order chi connectivity index (χ1) is 9.74. The van der Waals surface area contributed by atoms with Crippen molar-refractivity contribution in [2.45, 2.75) is 0 Å². The SMILES string of the molecule is O=C(Nc1ccncc1)c1cc(=O)c2ccccc2o1. The van der Waals surface area contributed by atoms with Crippen LogP contribution in [0, 0.1) is 0 Å². The summed E-state index contributed by atoms with van der Waals surface area (Å²) in [5, 5.41) is 3.09. The number of fused-ring (bicyclic) bond motifs is 1. The number of para-hydroxylation sites is 1. The number of hydrogen-bond acceptors (Lipinski definition) is 4. The zero-order valence-corrected chi connectivity index (χ0v) is 10.4. The van der Waals surface area contributed by atoms with Crippen LogP contribution in [0.1, 0.15) is 10.6 Å². The molecule has 1 aromatic carbocycles. The third-order valence-electron chi connectivity index (χ3n) is 2.80. The van der Waals surface area contributed by atoms with Gasteiger partial charge < -0.3 is 9.73 Å². The van der Waals surface area contributed by atoms with E-state index in [2.05, 4.69) is 10.3 Å². The quantitative estimate of drug-likeness (QED) is 0.773. The van der Waals surface area contributed by atoms with E-state index in [0.717, 1.165) is 0 Å². The summed E-state index contributed by atoms with van der Waals surface area (Å²) in [6.07, 6.45) is 3.12. The topological polar surface area (TPSA) is 72.2 Å². The van der Waals surface area contributed by atoms with Crippen molar-refractivity contribution in [3.8, 4) is 0 Å². The number of pyridine rings is 1. The van der Waals surface area contributed by atoms with Gasteiger partial charge in [-0.15, -0.1) is 0 Å². The highest BCUT2D eigenvalue weighted by atomic mass is 16.3. The van der Waals surface area contributed by atoms with Crippen LogP contribution in [0.5, 0.6) is 0 Å². The molecule has 0 radical (unpaired) electrons. The maximum atomic E-state index is 12.0. The van der Waals surface area contributed by atoms with E-state index in [1.54, 1.807) is 48.8 Å². The summed E-state index contributed by atoms with van der Waals surface area (Å²) in [6, 6.07) is 11.3. The lowest BCUT2D eigenvalue weighted by Crippen LogP contribution is -2.14. The molecule has 0 spiro atoms. The first-order valence-electron chi connectivity index (χ1n) is 5.98. The van der Waals surface area contributed by atoms with E-state index in [4.69, 9.17) is 4.42 Å². The van der Waals surface area contributed by atoms with Gasteiger partial charge in [-0.3, -0.25) is 14.6 Å². The van der Waals surface area contributed by atoms with Crippen LogP contribution < -0.4 is 10.7 Å². The maximum absolute atomic E-state index is 12.0. The third kappa shape index (κ3) is 2.29. The molecule has 0 unspecified atom stereocenters. The van der Waals surface area contributed by atoms with E-state index >= 15 is 0 Å². The molecule has 0 aliphatic rings. The van der Waals surface area contributed by atoms with Gasteiger partial charge in [-0.2, -0.15) is 0 Å². The Kier molecular flexibility index (Phi) is 3.01. The molecule has 3 rings (SSSR count). The van der Waals surface area contributed by atoms with Gasteiger partial charge in [0.05, 0.1) is 5.39 Å². The molecule has 0 saturated carbocycles. The van der Waals surface area contributed by atoms with Crippen LogP contribution in [0.2, 0.25) is 0 Å². The molecule has 3 aromatic rings. The van der Waals surface area contributed by atoms with Crippen molar-refractivity contribution < 1.29 is 9.21 Å². The predicted octanol–water partition coefficient (Wildman–Crippen LogP) is 2.44. The lowest BCUT2D eigenvalue weighted by molar-refractivity contribution is 0.0997. The molecule has 0 fully saturated rings. The molecule has 0 saturated heterocycles. The fraction of sp³-hybridized carbons (Fsp3) is 0. The molecule has 5 heteroatoms. The molecular formula is C15H10N2O3. The van der Waals surface area contributed by atoms with Crippen LogP contribution in [0.25, 0.3) is 11.0 Å². The molecule has 1 amide bonds. The van der Waals surface area contributed by atoms with E-state index in [1.165, 1.54) is 6.07 Å². The van der Waals surface area contributed by atoms with Gasteiger partial charge >= 0.3 is 0 Å². The van der Waals surface area contributed by atoms with E-state index < -0.39 is 5.91 Å². The van der Waals surface area contributed by atoms with Crippen molar-refractivity contribution in [1.29, 1.82) is 0 Å². The van der Waals surface area contributed by atoms with Gasteiger partial charge in [0.25, 0.3) is 5.91 Å². The van der Waals surface area contributed by atoms with Crippen molar-refractivity contribution >= 4 is 22.6 Å². The van der Waals surface area contributed by atoms with Gasteiger partial charge in [-0.1, -0.05) is 12.1 Å². The average molecular weight is 266 g/mol. The number of rotatable bonds is 2. The lowest BCUT2D eigenvalue weighted by Gasteiger charge is -2.04. The highest BCUT2D eigenvalue weighted by Gasteiger charge is 2.12. The zero-order valence-electron chi connectivity index (χ0n) is 10.4. The van der Waals surface area contributed by atoms with E-state index in [0.29, 0.717) is 16.7 Å². The van der Waals surface area contributed by atoms with Gasteiger partial charge in [0, 0.05) is 24.1 Å². The molecule has 0 bridgehead atoms. The Balaban J connectivity index is 1.98. The highest BCUT2D eigenvalue weighted by molar-refractivity contribution is 6.02. The Morgan fingerprint density at radius 3 is 2.65 bits per heavy atom. The number of amides is 1. The van der Waals surface area contributed by atoms with Gasteiger partial charge in [0.1, 0.15) is 5.58 Å². The number of hydrogen-bond donors (Lipinski definition) is 1. The maximum Gasteiger partial charge on any atom is 0.291 e. The van der Waals surface area contributed by atoms with Gasteiger partial charge in [0.2, 0.25) is 0 Å². The number of aromatic nitrogens is 1. The van der Waals surface area contributed by atoms with Crippen molar-refractivity contribution in [3.05, 3.63) is 70.8 Å². The first kappa shape index (κ1) is 12.1. The molecule has 5 nitrogen and oxygen atoms in total. The molecular weight excluding hydrogens is 256 g/mol. The van der Waals surface area contributed by atoms with Gasteiger partial charge in [-0.25, -0.2) is 0 Å². The second kappa shape index (κ2) is 4.97. The zero-order chi connectivity index (χ0) is 13.9. The number of carbonyl (C=O) groups is 1. The Hall–Kier alpha value is -2.95. The average Bonchev–Trinajstić information content (AvgIpc) is 2.48. The number of nitrogens with zero attached hydrogens (tertiary/aromatic N) is 1. The van der Waals surface area contributed by atoms with Crippen LogP contribution in [-0.2, 0) is 0 Å². The van der Waals surface area contributed by atoms with Gasteiger partial charge in [0.15, 0.2) is 11.2 Å². The number of anilines is 1. The fourth-order valence-electron chi connectivity index (χ4n) is 1.84. The molecule has 0 aliphatic heterocycles. The minimum atomic E-state index is -0.473. The summed E-state index contributed by atoms with van der Waals surface area (Å²) in [4.78, 5) is 27.8. The second-order valence-electron chi connectivity index (χ2n) is 4.16. The summed E-state index contributed by atoms with van der Waals surface area (Å²) in [6.45, 7) is 0. The number of nitrogens with one attached hydrogen (secondary N) is 1. The minimum Gasteiger partial charge on any atom is -0.451 e. The smallest absolute Gasteiger partial charge is 0.291 e. The largest absolute Gasteiger partial charge is 0.451 e. The molecule has 0 atom stereocenters. The molecule has 20 heavy (non-hydrogen) atoms. The van der Waals surface area contributed by atoms with Crippen molar-refractivity contribution in [2.24, 2.45) is 0 Å². The summed E-state index contributed by atoms with van der Waals surface area (Å²) < 4.78 is 5.45. The monoisotopic (exact) mass is 266 g/mol. The Morgan fingerprint density at radius 1 is 1.10 bits per heavy atom. The van der Waals surface area contributed by atoms with E-state index in [1.807, 2.05) is 0 Å².